The number of benzene rings is 1. The van der Waals surface area contributed by atoms with Crippen molar-refractivity contribution in [2.75, 3.05) is 0 Å². The number of hydrogen-bond acceptors (Lipinski definition) is 1. The smallest absolute Gasteiger partial charge is 0.263 e. The molecule has 64 valence electrons. The van der Waals surface area contributed by atoms with Crippen LogP contribution in [-0.2, 0) is 0 Å². The van der Waals surface area contributed by atoms with Gasteiger partial charge in [0.15, 0.2) is 0 Å². The molecule has 0 radical (unpaired) electrons. The summed E-state index contributed by atoms with van der Waals surface area (Å²) in [7, 11) is 0. The van der Waals surface area contributed by atoms with Crippen LogP contribution in [0.3, 0.4) is 0 Å². The summed E-state index contributed by atoms with van der Waals surface area (Å²) in [6.07, 6.45) is -2.47. The first kappa shape index (κ1) is 8.71. The second-order valence-corrected chi connectivity index (χ2v) is 2.37. The highest BCUT2D eigenvalue weighted by molar-refractivity contribution is 5.55. The van der Waals surface area contributed by atoms with Crippen LogP contribution in [0.25, 0.3) is 5.76 Å². The van der Waals surface area contributed by atoms with Crippen molar-refractivity contribution < 1.29 is 13.9 Å². The molecule has 1 rings (SSSR count). The molecule has 0 aliphatic rings. The number of hydrogen-bond donors (Lipinski definition) is 1. The van der Waals surface area contributed by atoms with Crippen LogP contribution in [-0.4, -0.2) is 5.11 Å². The van der Waals surface area contributed by atoms with Crippen LogP contribution in [0.4, 0.5) is 8.78 Å². The van der Waals surface area contributed by atoms with Crippen molar-refractivity contribution in [2.24, 2.45) is 0 Å². The fourth-order valence-corrected chi connectivity index (χ4v) is 0.821. The third-order valence-electron chi connectivity index (χ3n) is 1.50. The van der Waals surface area contributed by atoms with Crippen LogP contribution in [0.15, 0.2) is 30.8 Å². The molecule has 0 aliphatic heterocycles. The van der Waals surface area contributed by atoms with E-state index >= 15 is 0 Å². The molecule has 1 N–H and O–H groups in total. The van der Waals surface area contributed by atoms with Crippen molar-refractivity contribution in [3.05, 3.63) is 42.0 Å². The molecule has 0 fully saturated rings. The van der Waals surface area contributed by atoms with Gasteiger partial charge in [0.05, 0.1) is 0 Å². The van der Waals surface area contributed by atoms with Crippen molar-refractivity contribution >= 4 is 5.76 Å². The summed E-state index contributed by atoms with van der Waals surface area (Å²) < 4.78 is 24.0. The van der Waals surface area contributed by atoms with Gasteiger partial charge in [0.1, 0.15) is 5.76 Å². The minimum absolute atomic E-state index is 0.0556. The summed E-state index contributed by atoms with van der Waals surface area (Å²) in [6.45, 7) is 3.27. The minimum atomic E-state index is -2.47. The predicted molar refractivity (Wildman–Crippen MR) is 43.1 cm³/mol. The average molecular weight is 170 g/mol. The summed E-state index contributed by atoms with van der Waals surface area (Å²) in [5.41, 5.74) is 0.402. The zero-order valence-electron chi connectivity index (χ0n) is 6.30. The van der Waals surface area contributed by atoms with Crippen LogP contribution < -0.4 is 0 Å². The normalized spacial score (nSPS) is 10.2. The quantitative estimate of drug-likeness (QED) is 0.676. The fraction of sp³-hybridized carbons (Fsp3) is 0.111. The number of aliphatic hydroxyl groups excluding tert-OH is 1. The number of rotatable bonds is 2. The molecular weight excluding hydrogens is 162 g/mol. The van der Waals surface area contributed by atoms with E-state index in [1.807, 2.05) is 0 Å². The van der Waals surface area contributed by atoms with Crippen molar-refractivity contribution in [1.29, 1.82) is 0 Å². The fourth-order valence-electron chi connectivity index (χ4n) is 0.821. The standard InChI is InChI=1S/C9H8F2O/c1-6(12)7-2-4-8(5-3-7)9(10)11/h2-5,9,12H,1H2. The lowest BCUT2D eigenvalue weighted by Crippen LogP contribution is -1.85. The molecule has 0 saturated heterocycles. The molecule has 0 saturated carbocycles. The molecule has 1 aromatic rings. The van der Waals surface area contributed by atoms with Crippen molar-refractivity contribution in [3.8, 4) is 0 Å². The third kappa shape index (κ3) is 1.81. The maximum absolute atomic E-state index is 12.0. The summed E-state index contributed by atoms with van der Waals surface area (Å²) in [5.74, 6) is -0.115. The molecule has 1 aromatic carbocycles. The summed E-state index contributed by atoms with van der Waals surface area (Å²) in [5, 5.41) is 8.87. The van der Waals surface area contributed by atoms with E-state index in [4.69, 9.17) is 5.11 Å². The number of halogens is 2. The first-order valence-corrected chi connectivity index (χ1v) is 3.37. The van der Waals surface area contributed by atoms with Gasteiger partial charge >= 0.3 is 0 Å². The third-order valence-corrected chi connectivity index (χ3v) is 1.50. The minimum Gasteiger partial charge on any atom is -0.508 e. The molecule has 0 heterocycles. The largest absolute Gasteiger partial charge is 0.508 e. The van der Waals surface area contributed by atoms with Gasteiger partial charge in [-0.3, -0.25) is 0 Å². The Balaban J connectivity index is 2.93. The van der Waals surface area contributed by atoms with E-state index in [0.29, 0.717) is 5.56 Å². The van der Waals surface area contributed by atoms with Crippen LogP contribution >= 0.6 is 0 Å². The second kappa shape index (κ2) is 3.34. The molecule has 12 heavy (non-hydrogen) atoms. The molecule has 0 amide bonds. The Kier molecular flexibility index (Phi) is 2.43. The monoisotopic (exact) mass is 170 g/mol. The molecule has 0 aromatic heterocycles. The lowest BCUT2D eigenvalue weighted by molar-refractivity contribution is 0.151. The highest BCUT2D eigenvalue weighted by Crippen LogP contribution is 2.20. The maximum Gasteiger partial charge on any atom is 0.263 e. The summed E-state index contributed by atoms with van der Waals surface area (Å²) >= 11 is 0. The van der Waals surface area contributed by atoms with Gasteiger partial charge in [0.2, 0.25) is 0 Å². The van der Waals surface area contributed by atoms with Crippen molar-refractivity contribution in [2.45, 2.75) is 6.43 Å². The average Bonchev–Trinajstić information content (AvgIpc) is 2.04. The molecule has 3 heteroatoms. The van der Waals surface area contributed by atoms with E-state index < -0.39 is 6.43 Å². The Morgan fingerprint density at radius 1 is 1.25 bits per heavy atom. The maximum atomic E-state index is 12.0. The van der Waals surface area contributed by atoms with Crippen LogP contribution in [0.1, 0.15) is 17.6 Å². The van der Waals surface area contributed by atoms with Crippen LogP contribution in [0.2, 0.25) is 0 Å². The van der Waals surface area contributed by atoms with E-state index in [1.54, 1.807) is 0 Å². The van der Waals surface area contributed by atoms with Gasteiger partial charge in [0.25, 0.3) is 6.43 Å². The van der Waals surface area contributed by atoms with Crippen molar-refractivity contribution in [1.82, 2.24) is 0 Å². The Hall–Kier alpha value is -1.38. The first-order chi connectivity index (χ1) is 5.61. The first-order valence-electron chi connectivity index (χ1n) is 3.37. The lowest BCUT2D eigenvalue weighted by Gasteiger charge is -2.00. The van der Waals surface area contributed by atoms with Gasteiger partial charge in [-0.05, 0) is 0 Å². The van der Waals surface area contributed by atoms with E-state index in [0.717, 1.165) is 0 Å². The zero-order valence-corrected chi connectivity index (χ0v) is 6.30. The molecule has 0 bridgehead atoms. The number of alkyl halides is 2. The molecule has 0 unspecified atom stereocenters. The highest BCUT2D eigenvalue weighted by atomic mass is 19.3. The van der Waals surface area contributed by atoms with E-state index in [9.17, 15) is 8.78 Å². The molecular formula is C9H8F2O. The van der Waals surface area contributed by atoms with Gasteiger partial charge in [-0.2, -0.15) is 0 Å². The Morgan fingerprint density at radius 2 is 1.75 bits per heavy atom. The topological polar surface area (TPSA) is 20.2 Å². The van der Waals surface area contributed by atoms with Gasteiger partial charge in [-0.25, -0.2) is 8.78 Å². The van der Waals surface area contributed by atoms with Gasteiger partial charge in [0, 0.05) is 11.1 Å². The van der Waals surface area contributed by atoms with E-state index in [-0.39, 0.29) is 11.3 Å². The Bertz CT molecular complexity index is 277. The van der Waals surface area contributed by atoms with Crippen LogP contribution in [0.5, 0.6) is 0 Å². The lowest BCUT2D eigenvalue weighted by atomic mass is 10.1. The summed E-state index contributed by atoms with van der Waals surface area (Å²) in [6, 6.07) is 5.34. The van der Waals surface area contributed by atoms with Crippen LogP contribution in [0, 0.1) is 0 Å². The highest BCUT2D eigenvalue weighted by Gasteiger charge is 2.05. The van der Waals surface area contributed by atoms with E-state index in [1.165, 1.54) is 24.3 Å². The van der Waals surface area contributed by atoms with Gasteiger partial charge < -0.3 is 5.11 Å². The second-order valence-electron chi connectivity index (χ2n) is 2.37. The molecule has 1 nitrogen and oxygen atoms in total. The predicted octanol–water partition coefficient (Wildman–Crippen LogP) is 3.15. The van der Waals surface area contributed by atoms with Gasteiger partial charge in [-0.15, -0.1) is 0 Å². The van der Waals surface area contributed by atoms with Crippen molar-refractivity contribution in [3.63, 3.8) is 0 Å². The van der Waals surface area contributed by atoms with E-state index in [2.05, 4.69) is 6.58 Å². The number of aliphatic hydroxyl groups is 1. The zero-order chi connectivity index (χ0) is 9.14. The summed E-state index contributed by atoms with van der Waals surface area (Å²) in [4.78, 5) is 0. The molecule has 0 aliphatic carbocycles. The Labute approximate surface area is 69.0 Å². The molecule has 0 spiro atoms. The van der Waals surface area contributed by atoms with Gasteiger partial charge in [-0.1, -0.05) is 30.8 Å². The molecule has 0 atom stereocenters. The Morgan fingerprint density at radius 3 is 2.08 bits per heavy atom. The SMILES string of the molecule is C=C(O)c1ccc(C(F)F)cc1.